The molecular formula is C12H20N4O. The van der Waals surface area contributed by atoms with Gasteiger partial charge >= 0.3 is 0 Å². The second-order valence-electron chi connectivity index (χ2n) is 5.01. The monoisotopic (exact) mass is 236 g/mol. The molecule has 94 valence electrons. The number of aromatic nitrogens is 2. The summed E-state index contributed by atoms with van der Waals surface area (Å²) in [6, 6.07) is 0. The maximum Gasteiger partial charge on any atom is 0.271 e. The zero-order chi connectivity index (χ0) is 12.6. The normalized spacial score (nSPS) is 16.9. The molecule has 0 atom stereocenters. The van der Waals surface area contributed by atoms with Gasteiger partial charge in [-0.15, -0.1) is 0 Å². The number of rotatable bonds is 4. The molecule has 0 spiro atoms. The average Bonchev–Trinajstić information content (AvgIpc) is 3.02. The van der Waals surface area contributed by atoms with Gasteiger partial charge in [-0.25, -0.2) is 0 Å². The Labute approximate surface area is 101 Å². The van der Waals surface area contributed by atoms with Gasteiger partial charge in [-0.2, -0.15) is 5.10 Å². The highest BCUT2D eigenvalue weighted by atomic mass is 16.2. The molecule has 0 unspecified atom stereocenters. The fourth-order valence-corrected chi connectivity index (χ4v) is 2.13. The summed E-state index contributed by atoms with van der Waals surface area (Å²) in [5.41, 5.74) is 7.84. The Balaban J connectivity index is 2.05. The molecule has 5 nitrogen and oxygen atoms in total. The first-order chi connectivity index (χ1) is 7.99. The zero-order valence-corrected chi connectivity index (χ0v) is 10.7. The first-order valence-electron chi connectivity index (χ1n) is 6.06. The lowest BCUT2D eigenvalue weighted by atomic mass is 10.0. The summed E-state index contributed by atoms with van der Waals surface area (Å²) in [5, 5.41) is 7.11. The van der Waals surface area contributed by atoms with E-state index in [1.807, 2.05) is 0 Å². The number of anilines is 1. The van der Waals surface area contributed by atoms with E-state index in [2.05, 4.69) is 17.3 Å². The summed E-state index contributed by atoms with van der Waals surface area (Å²) in [7, 11) is 1.74. The molecule has 1 aliphatic rings. The van der Waals surface area contributed by atoms with Gasteiger partial charge in [0.15, 0.2) is 0 Å². The molecule has 2 rings (SSSR count). The number of hydrogen-bond donors (Lipinski definition) is 2. The third-order valence-corrected chi connectivity index (χ3v) is 3.81. The van der Waals surface area contributed by atoms with Gasteiger partial charge in [0.25, 0.3) is 5.91 Å². The molecule has 1 aliphatic carbocycles. The highest BCUT2D eigenvalue weighted by Crippen LogP contribution is 2.47. The minimum atomic E-state index is -0.120. The Kier molecular flexibility index (Phi) is 2.85. The minimum absolute atomic E-state index is 0.120. The van der Waals surface area contributed by atoms with Crippen LogP contribution >= 0.6 is 0 Å². The first kappa shape index (κ1) is 12.0. The Bertz CT molecular complexity index is 446. The smallest absolute Gasteiger partial charge is 0.271 e. The third kappa shape index (κ3) is 2.14. The number of carbonyl (C=O) groups is 1. The van der Waals surface area contributed by atoms with Crippen LogP contribution in [0.2, 0.25) is 0 Å². The largest absolute Gasteiger partial charge is 0.395 e. The van der Waals surface area contributed by atoms with Gasteiger partial charge in [0.2, 0.25) is 0 Å². The van der Waals surface area contributed by atoms with Crippen molar-refractivity contribution in [3.05, 3.63) is 11.4 Å². The van der Waals surface area contributed by atoms with Crippen molar-refractivity contribution >= 4 is 11.6 Å². The molecule has 0 saturated heterocycles. The fourth-order valence-electron chi connectivity index (χ4n) is 2.13. The van der Waals surface area contributed by atoms with Gasteiger partial charge in [0.1, 0.15) is 5.69 Å². The Morgan fingerprint density at radius 3 is 2.65 bits per heavy atom. The second kappa shape index (κ2) is 4.05. The van der Waals surface area contributed by atoms with Crippen molar-refractivity contribution in [3.63, 3.8) is 0 Å². The molecular weight excluding hydrogens is 216 g/mol. The number of amides is 1. The maximum atomic E-state index is 12.0. The number of nitrogens with two attached hydrogens (primary N) is 1. The van der Waals surface area contributed by atoms with Crippen LogP contribution < -0.4 is 11.1 Å². The van der Waals surface area contributed by atoms with E-state index in [0.717, 1.165) is 13.0 Å². The van der Waals surface area contributed by atoms with E-state index in [4.69, 9.17) is 5.73 Å². The van der Waals surface area contributed by atoms with Crippen LogP contribution in [-0.4, -0.2) is 22.2 Å². The molecule has 0 bridgehead atoms. The summed E-state index contributed by atoms with van der Waals surface area (Å²) >= 11 is 0. The van der Waals surface area contributed by atoms with E-state index in [9.17, 15) is 4.79 Å². The zero-order valence-electron chi connectivity index (χ0n) is 10.7. The van der Waals surface area contributed by atoms with Gasteiger partial charge in [0, 0.05) is 13.6 Å². The molecule has 1 amide bonds. The quantitative estimate of drug-likeness (QED) is 0.825. The van der Waals surface area contributed by atoms with Gasteiger partial charge in [-0.1, -0.05) is 6.92 Å². The van der Waals surface area contributed by atoms with Crippen molar-refractivity contribution in [2.75, 3.05) is 12.3 Å². The van der Waals surface area contributed by atoms with Crippen molar-refractivity contribution in [2.45, 2.75) is 33.1 Å². The molecule has 0 aliphatic heterocycles. The van der Waals surface area contributed by atoms with E-state index < -0.39 is 0 Å². The summed E-state index contributed by atoms with van der Waals surface area (Å²) < 4.78 is 1.55. The molecule has 1 aromatic heterocycles. The van der Waals surface area contributed by atoms with Gasteiger partial charge in [-0.3, -0.25) is 9.48 Å². The number of hydrogen-bond acceptors (Lipinski definition) is 3. The van der Waals surface area contributed by atoms with Crippen LogP contribution in [0.15, 0.2) is 0 Å². The summed E-state index contributed by atoms with van der Waals surface area (Å²) in [6.07, 6.45) is 3.54. The second-order valence-corrected chi connectivity index (χ2v) is 5.01. The maximum absolute atomic E-state index is 12.0. The van der Waals surface area contributed by atoms with Crippen molar-refractivity contribution in [2.24, 2.45) is 12.5 Å². The molecule has 17 heavy (non-hydrogen) atoms. The van der Waals surface area contributed by atoms with Crippen molar-refractivity contribution < 1.29 is 4.79 Å². The van der Waals surface area contributed by atoms with Crippen LogP contribution in [0.3, 0.4) is 0 Å². The minimum Gasteiger partial charge on any atom is -0.395 e. The van der Waals surface area contributed by atoms with Crippen LogP contribution in [0.4, 0.5) is 5.69 Å². The predicted octanol–water partition coefficient (Wildman–Crippen LogP) is 1.23. The van der Waals surface area contributed by atoms with E-state index in [1.54, 1.807) is 18.7 Å². The standard InChI is InChI=1S/C12H20N4O/c1-4-12(5-6-12)7-14-11(17)10-9(13)8(2)15-16(10)3/h4-7,13H2,1-3H3,(H,14,17). The summed E-state index contributed by atoms with van der Waals surface area (Å²) in [4.78, 5) is 12.0. The molecule has 5 heteroatoms. The van der Waals surface area contributed by atoms with Crippen molar-refractivity contribution in [3.8, 4) is 0 Å². The van der Waals surface area contributed by atoms with Gasteiger partial charge < -0.3 is 11.1 Å². The van der Waals surface area contributed by atoms with E-state index in [-0.39, 0.29) is 5.91 Å². The molecule has 1 fully saturated rings. The Morgan fingerprint density at radius 2 is 2.24 bits per heavy atom. The topological polar surface area (TPSA) is 72.9 Å². The molecule has 1 aromatic rings. The van der Waals surface area contributed by atoms with E-state index in [1.165, 1.54) is 12.8 Å². The summed E-state index contributed by atoms with van der Waals surface area (Å²) in [5.74, 6) is -0.120. The summed E-state index contributed by atoms with van der Waals surface area (Å²) in [6.45, 7) is 4.72. The third-order valence-electron chi connectivity index (χ3n) is 3.81. The van der Waals surface area contributed by atoms with Crippen LogP contribution in [0.25, 0.3) is 0 Å². The number of aryl methyl sites for hydroxylation is 2. The number of nitrogens with one attached hydrogen (secondary N) is 1. The number of carbonyl (C=O) groups excluding carboxylic acids is 1. The molecule has 3 N–H and O–H groups in total. The van der Waals surface area contributed by atoms with Crippen molar-refractivity contribution in [1.82, 2.24) is 15.1 Å². The van der Waals surface area contributed by atoms with E-state index >= 15 is 0 Å². The van der Waals surface area contributed by atoms with Gasteiger partial charge in [-0.05, 0) is 31.6 Å². The Morgan fingerprint density at radius 1 is 1.59 bits per heavy atom. The highest BCUT2D eigenvalue weighted by molar-refractivity contribution is 5.97. The van der Waals surface area contributed by atoms with Crippen LogP contribution in [-0.2, 0) is 7.05 Å². The van der Waals surface area contributed by atoms with Crippen molar-refractivity contribution in [1.29, 1.82) is 0 Å². The molecule has 1 heterocycles. The van der Waals surface area contributed by atoms with Crippen LogP contribution in [0, 0.1) is 12.3 Å². The fraction of sp³-hybridized carbons (Fsp3) is 0.667. The molecule has 0 aromatic carbocycles. The average molecular weight is 236 g/mol. The first-order valence-corrected chi connectivity index (χ1v) is 6.06. The molecule has 0 radical (unpaired) electrons. The Hall–Kier alpha value is -1.52. The lowest BCUT2D eigenvalue weighted by Gasteiger charge is -2.13. The highest BCUT2D eigenvalue weighted by Gasteiger charge is 2.40. The number of nitrogen functional groups attached to an aromatic ring is 1. The molecule has 1 saturated carbocycles. The van der Waals surface area contributed by atoms with Crippen LogP contribution in [0.1, 0.15) is 42.4 Å². The lowest BCUT2D eigenvalue weighted by Crippen LogP contribution is -2.31. The SMILES string of the molecule is CCC1(CNC(=O)c2c(N)c(C)nn2C)CC1. The van der Waals surface area contributed by atoms with Crippen LogP contribution in [0.5, 0.6) is 0 Å². The number of nitrogens with zero attached hydrogens (tertiary/aromatic N) is 2. The predicted molar refractivity (Wildman–Crippen MR) is 66.6 cm³/mol. The lowest BCUT2D eigenvalue weighted by molar-refractivity contribution is 0.0936. The van der Waals surface area contributed by atoms with E-state index in [0.29, 0.717) is 22.5 Å². The van der Waals surface area contributed by atoms with Gasteiger partial charge in [0.05, 0.1) is 11.4 Å².